The largest absolute Gasteiger partial charge is 0.379 e. The molecule has 0 spiro atoms. The van der Waals surface area contributed by atoms with E-state index in [2.05, 4.69) is 5.32 Å². The quantitative estimate of drug-likeness (QED) is 0.934. The number of sulfone groups is 1. The molecule has 0 fully saturated rings. The molecule has 5 heteroatoms. The van der Waals surface area contributed by atoms with Crippen molar-refractivity contribution in [3.05, 3.63) is 47.8 Å². The Morgan fingerprint density at radius 1 is 1.26 bits per heavy atom. The molecule has 0 saturated heterocycles. The molecule has 0 atom stereocenters. The van der Waals surface area contributed by atoms with Gasteiger partial charge in [-0.05, 0) is 36.8 Å². The van der Waals surface area contributed by atoms with E-state index < -0.39 is 9.84 Å². The first-order chi connectivity index (χ1) is 8.88. The highest BCUT2D eigenvalue weighted by molar-refractivity contribution is 7.90. The van der Waals surface area contributed by atoms with E-state index in [9.17, 15) is 8.42 Å². The summed E-state index contributed by atoms with van der Waals surface area (Å²) in [5.74, 6) is 0. The van der Waals surface area contributed by atoms with Crippen molar-refractivity contribution in [2.24, 2.45) is 7.05 Å². The third-order valence-electron chi connectivity index (χ3n) is 3.15. The molecule has 1 aromatic heterocycles. The number of nitrogens with zero attached hydrogens (tertiary/aromatic N) is 1. The zero-order chi connectivity index (χ0) is 14.0. The summed E-state index contributed by atoms with van der Waals surface area (Å²) in [6.45, 7) is 2.62. The molecule has 0 aliphatic rings. The molecule has 4 nitrogen and oxygen atoms in total. The number of nitrogens with one attached hydrogen (secondary N) is 1. The van der Waals surface area contributed by atoms with Crippen molar-refractivity contribution in [1.29, 1.82) is 0 Å². The van der Waals surface area contributed by atoms with Gasteiger partial charge in [0.05, 0.1) is 11.4 Å². The van der Waals surface area contributed by atoms with Gasteiger partial charge in [-0.3, -0.25) is 0 Å². The SMILES string of the molecule is Cc1ccc(S(C)(=O)=O)cc1NCc1cccn1C. The van der Waals surface area contributed by atoms with Crippen LogP contribution in [0.5, 0.6) is 0 Å². The number of rotatable bonds is 4. The Hall–Kier alpha value is -1.75. The van der Waals surface area contributed by atoms with Crippen LogP contribution >= 0.6 is 0 Å². The van der Waals surface area contributed by atoms with E-state index in [1.54, 1.807) is 12.1 Å². The highest BCUT2D eigenvalue weighted by Gasteiger charge is 2.09. The van der Waals surface area contributed by atoms with E-state index in [1.165, 1.54) is 6.26 Å². The molecule has 1 aromatic carbocycles. The number of hydrogen-bond donors (Lipinski definition) is 1. The summed E-state index contributed by atoms with van der Waals surface area (Å²) >= 11 is 0. The average Bonchev–Trinajstić information content (AvgIpc) is 2.72. The average molecular weight is 278 g/mol. The molecule has 0 bridgehead atoms. The summed E-state index contributed by atoms with van der Waals surface area (Å²) in [7, 11) is -1.18. The number of benzene rings is 1. The Morgan fingerprint density at radius 2 is 2.00 bits per heavy atom. The van der Waals surface area contributed by atoms with Gasteiger partial charge in [0.2, 0.25) is 0 Å². The van der Waals surface area contributed by atoms with Crippen molar-refractivity contribution in [2.45, 2.75) is 18.4 Å². The Labute approximate surface area is 114 Å². The monoisotopic (exact) mass is 278 g/mol. The lowest BCUT2D eigenvalue weighted by Gasteiger charge is -2.11. The maximum absolute atomic E-state index is 11.6. The van der Waals surface area contributed by atoms with Crippen LogP contribution in [0.15, 0.2) is 41.4 Å². The number of aromatic nitrogens is 1. The van der Waals surface area contributed by atoms with Gasteiger partial charge < -0.3 is 9.88 Å². The van der Waals surface area contributed by atoms with Crippen molar-refractivity contribution in [3.8, 4) is 0 Å². The van der Waals surface area contributed by atoms with Crippen LogP contribution in [0.1, 0.15) is 11.3 Å². The van der Waals surface area contributed by atoms with Gasteiger partial charge in [0.1, 0.15) is 0 Å². The highest BCUT2D eigenvalue weighted by atomic mass is 32.2. The van der Waals surface area contributed by atoms with E-state index >= 15 is 0 Å². The topological polar surface area (TPSA) is 51.1 Å². The van der Waals surface area contributed by atoms with Gasteiger partial charge in [0, 0.05) is 30.9 Å². The molecule has 2 aromatic rings. The van der Waals surface area contributed by atoms with Crippen LogP contribution in [0.2, 0.25) is 0 Å². The minimum absolute atomic E-state index is 0.340. The molecule has 2 rings (SSSR count). The van der Waals surface area contributed by atoms with Crippen LogP contribution in [0.3, 0.4) is 0 Å². The first-order valence-electron chi connectivity index (χ1n) is 6.03. The van der Waals surface area contributed by atoms with Crippen molar-refractivity contribution in [2.75, 3.05) is 11.6 Å². The minimum atomic E-state index is -3.17. The first-order valence-corrected chi connectivity index (χ1v) is 7.92. The molecule has 1 heterocycles. The summed E-state index contributed by atoms with van der Waals surface area (Å²) in [6.07, 6.45) is 3.20. The summed E-state index contributed by atoms with van der Waals surface area (Å²) in [5.41, 5.74) is 3.02. The standard InChI is InChI=1S/C14H18N2O2S/c1-11-6-7-13(19(3,17)18)9-14(11)15-10-12-5-4-8-16(12)2/h4-9,15H,10H2,1-3H3. The fourth-order valence-corrected chi connectivity index (χ4v) is 2.54. The normalized spacial score (nSPS) is 11.5. The van der Waals surface area contributed by atoms with Gasteiger partial charge in [-0.2, -0.15) is 0 Å². The van der Waals surface area contributed by atoms with Gasteiger partial charge in [-0.1, -0.05) is 6.07 Å². The van der Waals surface area contributed by atoms with Gasteiger partial charge >= 0.3 is 0 Å². The number of anilines is 1. The molecule has 1 N–H and O–H groups in total. The molecular weight excluding hydrogens is 260 g/mol. The number of aryl methyl sites for hydroxylation is 2. The second-order valence-corrected chi connectivity index (χ2v) is 6.73. The smallest absolute Gasteiger partial charge is 0.175 e. The third-order valence-corrected chi connectivity index (χ3v) is 4.26. The Kier molecular flexibility index (Phi) is 3.66. The zero-order valence-corrected chi connectivity index (χ0v) is 12.2. The van der Waals surface area contributed by atoms with Crippen molar-refractivity contribution >= 4 is 15.5 Å². The molecule has 0 amide bonds. The second kappa shape index (κ2) is 5.09. The molecule has 0 aliphatic heterocycles. The minimum Gasteiger partial charge on any atom is -0.379 e. The maximum atomic E-state index is 11.6. The zero-order valence-electron chi connectivity index (χ0n) is 11.3. The van der Waals surface area contributed by atoms with Crippen molar-refractivity contribution in [1.82, 2.24) is 4.57 Å². The molecule has 0 saturated carbocycles. The lowest BCUT2D eigenvalue weighted by molar-refractivity contribution is 0.602. The molecular formula is C14H18N2O2S. The van der Waals surface area contributed by atoms with Crippen molar-refractivity contribution in [3.63, 3.8) is 0 Å². The van der Waals surface area contributed by atoms with Gasteiger partial charge in [-0.25, -0.2) is 8.42 Å². The van der Waals surface area contributed by atoms with E-state index in [1.807, 2.05) is 42.9 Å². The Morgan fingerprint density at radius 3 is 2.58 bits per heavy atom. The van der Waals surface area contributed by atoms with Crippen molar-refractivity contribution < 1.29 is 8.42 Å². The molecule has 0 radical (unpaired) electrons. The lowest BCUT2D eigenvalue weighted by atomic mass is 10.2. The summed E-state index contributed by atoms with van der Waals surface area (Å²) in [5, 5.41) is 3.28. The highest BCUT2D eigenvalue weighted by Crippen LogP contribution is 2.20. The van der Waals surface area contributed by atoms with Gasteiger partial charge in [0.15, 0.2) is 9.84 Å². The molecule has 0 unspecified atom stereocenters. The van der Waals surface area contributed by atoms with E-state index in [0.717, 1.165) is 16.9 Å². The number of hydrogen-bond acceptors (Lipinski definition) is 3. The Balaban J connectivity index is 2.23. The molecule has 102 valence electrons. The van der Waals surface area contributed by atoms with Gasteiger partial charge in [-0.15, -0.1) is 0 Å². The van der Waals surface area contributed by atoms with Crippen LogP contribution in [0, 0.1) is 6.92 Å². The van der Waals surface area contributed by atoms with E-state index in [0.29, 0.717) is 11.4 Å². The van der Waals surface area contributed by atoms with E-state index in [-0.39, 0.29) is 0 Å². The first kappa shape index (κ1) is 13.7. The van der Waals surface area contributed by atoms with Crippen LogP contribution in [0.25, 0.3) is 0 Å². The van der Waals surface area contributed by atoms with Crippen LogP contribution < -0.4 is 5.32 Å². The van der Waals surface area contributed by atoms with Gasteiger partial charge in [0.25, 0.3) is 0 Å². The summed E-state index contributed by atoms with van der Waals surface area (Å²) in [4.78, 5) is 0.340. The van der Waals surface area contributed by atoms with Crippen LogP contribution in [-0.2, 0) is 23.4 Å². The summed E-state index contributed by atoms with van der Waals surface area (Å²) in [6, 6.07) is 9.16. The fraction of sp³-hybridized carbons (Fsp3) is 0.286. The second-order valence-electron chi connectivity index (χ2n) is 4.71. The van der Waals surface area contributed by atoms with Crippen LogP contribution in [-0.4, -0.2) is 19.2 Å². The lowest BCUT2D eigenvalue weighted by Crippen LogP contribution is -2.06. The summed E-state index contributed by atoms with van der Waals surface area (Å²) < 4.78 is 25.1. The molecule has 0 aliphatic carbocycles. The maximum Gasteiger partial charge on any atom is 0.175 e. The van der Waals surface area contributed by atoms with Crippen LogP contribution in [0.4, 0.5) is 5.69 Å². The fourth-order valence-electron chi connectivity index (χ4n) is 1.89. The predicted octanol–water partition coefficient (Wildman–Crippen LogP) is 2.35. The predicted molar refractivity (Wildman–Crippen MR) is 77.0 cm³/mol. The Bertz CT molecular complexity index is 687. The van der Waals surface area contributed by atoms with E-state index in [4.69, 9.17) is 0 Å². The third kappa shape index (κ3) is 3.17. The molecule has 19 heavy (non-hydrogen) atoms.